The largest absolute Gasteiger partial charge is 0.399 e. The van der Waals surface area contributed by atoms with E-state index < -0.39 is 0 Å². The van der Waals surface area contributed by atoms with Gasteiger partial charge in [-0.2, -0.15) is 0 Å². The molecular weight excluding hydrogens is 176 g/mol. The number of hydrogen-bond donors (Lipinski definition) is 2. The molecule has 3 nitrogen and oxygen atoms in total. The molecule has 14 heavy (non-hydrogen) atoms. The molecule has 0 aliphatic heterocycles. The van der Waals surface area contributed by atoms with Gasteiger partial charge in [-0.15, -0.1) is 0 Å². The van der Waals surface area contributed by atoms with Gasteiger partial charge in [0.25, 0.3) is 0 Å². The van der Waals surface area contributed by atoms with Crippen molar-refractivity contribution in [2.24, 2.45) is 0 Å². The van der Waals surface area contributed by atoms with E-state index in [4.69, 9.17) is 5.73 Å². The normalized spacial score (nSPS) is 8.57. The van der Waals surface area contributed by atoms with Gasteiger partial charge < -0.3 is 10.7 Å². The first-order chi connectivity index (χ1) is 6.79. The van der Waals surface area contributed by atoms with E-state index in [2.05, 4.69) is 4.98 Å². The molecule has 1 heterocycles. The molecule has 0 amide bonds. The SMILES string of the molecule is Nc1ccccc1.O=c1cccc[nH]1. The van der Waals surface area contributed by atoms with Gasteiger partial charge >= 0.3 is 0 Å². The van der Waals surface area contributed by atoms with Crippen molar-refractivity contribution < 1.29 is 0 Å². The number of nitrogens with two attached hydrogens (primary N) is 1. The predicted molar refractivity (Wildman–Crippen MR) is 57.9 cm³/mol. The van der Waals surface area contributed by atoms with Crippen LogP contribution in [0.1, 0.15) is 0 Å². The van der Waals surface area contributed by atoms with Crippen LogP contribution in [0.2, 0.25) is 0 Å². The number of nitrogens with one attached hydrogen (secondary N) is 1. The number of aromatic amines is 1. The van der Waals surface area contributed by atoms with E-state index in [1.807, 2.05) is 30.3 Å². The van der Waals surface area contributed by atoms with Crippen LogP contribution in [0.3, 0.4) is 0 Å². The Kier molecular flexibility index (Phi) is 4.01. The summed E-state index contributed by atoms with van der Waals surface area (Å²) in [7, 11) is 0. The summed E-state index contributed by atoms with van der Waals surface area (Å²) in [6.45, 7) is 0. The Labute approximate surface area is 82.2 Å². The van der Waals surface area contributed by atoms with Gasteiger partial charge in [-0.25, -0.2) is 0 Å². The minimum absolute atomic E-state index is 0.0532. The minimum Gasteiger partial charge on any atom is -0.399 e. The van der Waals surface area contributed by atoms with E-state index >= 15 is 0 Å². The summed E-state index contributed by atoms with van der Waals surface area (Å²) in [4.78, 5) is 12.7. The molecule has 0 unspecified atom stereocenters. The summed E-state index contributed by atoms with van der Waals surface area (Å²) < 4.78 is 0. The molecule has 0 spiro atoms. The van der Waals surface area contributed by atoms with Gasteiger partial charge in [0, 0.05) is 18.0 Å². The molecule has 0 saturated heterocycles. The maximum Gasteiger partial charge on any atom is 0.247 e. The highest BCUT2D eigenvalue weighted by Gasteiger charge is 1.72. The van der Waals surface area contributed by atoms with E-state index in [1.54, 1.807) is 18.3 Å². The number of nitrogen functional groups attached to an aromatic ring is 1. The van der Waals surface area contributed by atoms with E-state index in [1.165, 1.54) is 6.07 Å². The van der Waals surface area contributed by atoms with Crippen LogP contribution in [-0.2, 0) is 0 Å². The Bertz CT molecular complexity index is 391. The summed E-state index contributed by atoms with van der Waals surface area (Å²) in [6.07, 6.45) is 1.60. The lowest BCUT2D eigenvalue weighted by Gasteiger charge is -1.83. The molecule has 1 aromatic heterocycles. The van der Waals surface area contributed by atoms with Gasteiger partial charge in [0.05, 0.1) is 0 Å². The maximum atomic E-state index is 10.2. The van der Waals surface area contributed by atoms with E-state index in [0.717, 1.165) is 5.69 Å². The lowest BCUT2D eigenvalue weighted by molar-refractivity contribution is 1.24. The second-order valence-corrected chi connectivity index (χ2v) is 2.64. The number of pyridine rings is 1. The molecule has 0 saturated carbocycles. The fourth-order valence-electron chi connectivity index (χ4n) is 0.830. The first-order valence-corrected chi connectivity index (χ1v) is 4.23. The van der Waals surface area contributed by atoms with Gasteiger partial charge in [0.15, 0.2) is 0 Å². The minimum atomic E-state index is -0.0532. The number of hydrogen-bond acceptors (Lipinski definition) is 2. The summed E-state index contributed by atoms with van der Waals surface area (Å²) >= 11 is 0. The Balaban J connectivity index is 0.000000140. The van der Waals surface area contributed by atoms with Crippen LogP contribution in [-0.4, -0.2) is 4.98 Å². The van der Waals surface area contributed by atoms with Crippen molar-refractivity contribution in [2.45, 2.75) is 0 Å². The molecule has 72 valence electrons. The Morgan fingerprint density at radius 3 is 1.86 bits per heavy atom. The highest BCUT2D eigenvalue weighted by atomic mass is 16.1. The summed E-state index contributed by atoms with van der Waals surface area (Å²) in [5, 5.41) is 0. The summed E-state index contributed by atoms with van der Waals surface area (Å²) in [6, 6.07) is 14.4. The molecule has 2 aromatic rings. The molecule has 2 rings (SSSR count). The maximum absolute atomic E-state index is 10.2. The van der Waals surface area contributed by atoms with E-state index in [9.17, 15) is 4.79 Å². The van der Waals surface area contributed by atoms with Crippen LogP contribution in [0.25, 0.3) is 0 Å². The van der Waals surface area contributed by atoms with Crippen molar-refractivity contribution in [2.75, 3.05) is 5.73 Å². The van der Waals surface area contributed by atoms with E-state index in [0.29, 0.717) is 0 Å². The number of aromatic nitrogens is 1. The Hall–Kier alpha value is -2.03. The molecule has 0 radical (unpaired) electrons. The van der Waals surface area contributed by atoms with Crippen LogP contribution in [0.15, 0.2) is 59.5 Å². The first-order valence-electron chi connectivity index (χ1n) is 4.23. The van der Waals surface area contributed by atoms with Crippen molar-refractivity contribution >= 4 is 5.69 Å². The van der Waals surface area contributed by atoms with Crippen molar-refractivity contribution in [3.63, 3.8) is 0 Å². The van der Waals surface area contributed by atoms with Crippen molar-refractivity contribution in [1.82, 2.24) is 4.98 Å². The lowest BCUT2D eigenvalue weighted by atomic mass is 10.3. The smallest absolute Gasteiger partial charge is 0.247 e. The second-order valence-electron chi connectivity index (χ2n) is 2.64. The molecule has 1 aromatic carbocycles. The molecule has 3 N–H and O–H groups in total. The fraction of sp³-hybridized carbons (Fsp3) is 0. The fourth-order valence-corrected chi connectivity index (χ4v) is 0.830. The highest BCUT2D eigenvalue weighted by molar-refractivity contribution is 5.35. The molecule has 0 aliphatic carbocycles. The Morgan fingerprint density at radius 1 is 0.929 bits per heavy atom. The number of para-hydroxylation sites is 1. The number of H-pyrrole nitrogens is 1. The number of anilines is 1. The highest BCUT2D eigenvalue weighted by Crippen LogP contribution is 1.95. The van der Waals surface area contributed by atoms with Crippen LogP contribution < -0.4 is 11.3 Å². The van der Waals surface area contributed by atoms with Crippen molar-refractivity contribution in [3.05, 3.63) is 65.1 Å². The van der Waals surface area contributed by atoms with Gasteiger partial charge in [-0.1, -0.05) is 24.3 Å². The monoisotopic (exact) mass is 188 g/mol. The number of rotatable bonds is 0. The summed E-state index contributed by atoms with van der Waals surface area (Å²) in [5.41, 5.74) is 6.13. The first kappa shape index (κ1) is 10.1. The average Bonchev–Trinajstić information content (AvgIpc) is 2.21. The molecule has 0 aliphatic rings. The third-order valence-corrected chi connectivity index (χ3v) is 1.48. The van der Waals surface area contributed by atoms with Gasteiger partial charge in [-0.05, 0) is 18.2 Å². The standard InChI is InChI=1S/C6H7N.C5H5NO/c7-6-4-2-1-3-5-6;7-5-3-1-2-4-6-5/h1-5H,7H2;1-4H,(H,6,7). The zero-order valence-electron chi connectivity index (χ0n) is 7.68. The van der Waals surface area contributed by atoms with Crippen LogP contribution in [0, 0.1) is 0 Å². The average molecular weight is 188 g/mol. The van der Waals surface area contributed by atoms with Crippen LogP contribution >= 0.6 is 0 Å². The molecule has 3 heteroatoms. The second kappa shape index (κ2) is 5.59. The van der Waals surface area contributed by atoms with Gasteiger partial charge in [-0.3, -0.25) is 4.79 Å². The van der Waals surface area contributed by atoms with Gasteiger partial charge in [0.1, 0.15) is 0 Å². The predicted octanol–water partition coefficient (Wildman–Crippen LogP) is 1.64. The quantitative estimate of drug-likeness (QED) is 0.617. The molecule has 0 bridgehead atoms. The third-order valence-electron chi connectivity index (χ3n) is 1.48. The molecule has 0 fully saturated rings. The van der Waals surface area contributed by atoms with E-state index in [-0.39, 0.29) is 5.56 Å². The lowest BCUT2D eigenvalue weighted by Crippen LogP contribution is -1.98. The van der Waals surface area contributed by atoms with Crippen molar-refractivity contribution in [3.8, 4) is 0 Å². The molecule has 0 atom stereocenters. The van der Waals surface area contributed by atoms with Crippen LogP contribution in [0.5, 0.6) is 0 Å². The van der Waals surface area contributed by atoms with Crippen molar-refractivity contribution in [1.29, 1.82) is 0 Å². The Morgan fingerprint density at radius 2 is 1.57 bits per heavy atom. The summed E-state index contributed by atoms with van der Waals surface area (Å²) in [5.74, 6) is 0. The number of benzene rings is 1. The third kappa shape index (κ3) is 4.11. The van der Waals surface area contributed by atoms with Crippen LogP contribution in [0.4, 0.5) is 5.69 Å². The molecular formula is C11H12N2O. The zero-order chi connectivity index (χ0) is 10.2. The zero-order valence-corrected chi connectivity index (χ0v) is 7.68. The van der Waals surface area contributed by atoms with Gasteiger partial charge in [0.2, 0.25) is 5.56 Å². The topological polar surface area (TPSA) is 58.9 Å².